The van der Waals surface area contributed by atoms with Crippen LogP contribution in [-0.2, 0) is 32.7 Å². The van der Waals surface area contributed by atoms with E-state index in [9.17, 15) is 24.2 Å². The fourth-order valence-corrected chi connectivity index (χ4v) is 6.52. The minimum Gasteiger partial charge on any atom is -0.462 e. The van der Waals surface area contributed by atoms with Gasteiger partial charge in [-0.3, -0.25) is 18.6 Å². The highest BCUT2D eigenvalue weighted by Crippen LogP contribution is 2.43. The van der Waals surface area contributed by atoms with E-state index in [-0.39, 0.29) is 19.4 Å². The van der Waals surface area contributed by atoms with Crippen molar-refractivity contribution in [2.75, 3.05) is 26.4 Å². The molecule has 3 N–H and O–H groups in total. The van der Waals surface area contributed by atoms with Crippen molar-refractivity contribution in [3.63, 3.8) is 0 Å². The van der Waals surface area contributed by atoms with Crippen molar-refractivity contribution in [3.8, 4) is 0 Å². The molecule has 0 aromatic rings. The monoisotopic (exact) mass is 761 g/mol. The summed E-state index contributed by atoms with van der Waals surface area (Å²) in [6.45, 7) is 3.88. The number of aliphatic hydroxyl groups excluding tert-OH is 2. The second kappa shape index (κ2) is 37.8. The van der Waals surface area contributed by atoms with Crippen LogP contribution in [0.5, 0.6) is 0 Å². The molecule has 306 valence electrons. The third kappa shape index (κ3) is 36.8. The summed E-state index contributed by atoms with van der Waals surface area (Å²) in [5.74, 6) is -0.933. The standard InChI is InChI=1S/C41H77O10P/c1-3-5-7-9-11-13-15-17-19-21-23-25-27-29-31-33-41(45)51-39(37-50-52(46,47)49-35-38(43)34-42)36-48-40(44)32-30-28-26-24-22-20-18-16-14-12-10-8-6-4-2/h3,16,18,38-39,42-43H,1,4-15,17,19-37H2,2H3,(H,46,47)/b18-16+/t38-,39+/m0/s1. The van der Waals surface area contributed by atoms with Gasteiger partial charge in [-0.2, -0.15) is 0 Å². The molecule has 11 heteroatoms. The number of ether oxygens (including phenoxy) is 2. The summed E-state index contributed by atoms with van der Waals surface area (Å²) in [7, 11) is -4.61. The number of allylic oxidation sites excluding steroid dienone is 3. The molecule has 3 atom stereocenters. The molecule has 52 heavy (non-hydrogen) atoms. The lowest BCUT2D eigenvalue weighted by molar-refractivity contribution is -0.161. The average Bonchev–Trinajstić information content (AvgIpc) is 3.13. The van der Waals surface area contributed by atoms with E-state index < -0.39 is 51.8 Å². The third-order valence-corrected chi connectivity index (χ3v) is 9.93. The number of phosphoric ester groups is 1. The first kappa shape index (κ1) is 50.5. The summed E-state index contributed by atoms with van der Waals surface area (Å²) < 4.78 is 32.7. The van der Waals surface area contributed by atoms with Gasteiger partial charge in [-0.15, -0.1) is 6.58 Å². The van der Waals surface area contributed by atoms with E-state index in [1.165, 1.54) is 89.9 Å². The third-order valence-electron chi connectivity index (χ3n) is 8.97. The van der Waals surface area contributed by atoms with Crippen LogP contribution in [0, 0.1) is 0 Å². The molecule has 0 bridgehead atoms. The maximum atomic E-state index is 12.6. The lowest BCUT2D eigenvalue weighted by atomic mass is 10.0. The molecule has 0 radical (unpaired) electrons. The molecule has 0 fully saturated rings. The second-order valence-corrected chi connectivity index (χ2v) is 15.5. The van der Waals surface area contributed by atoms with E-state index in [0.717, 1.165) is 64.2 Å². The van der Waals surface area contributed by atoms with Crippen LogP contribution in [0.3, 0.4) is 0 Å². The van der Waals surface area contributed by atoms with Gasteiger partial charge < -0.3 is 24.6 Å². The summed E-state index contributed by atoms with van der Waals surface area (Å²) in [5, 5.41) is 18.3. The number of esters is 2. The molecule has 0 amide bonds. The highest BCUT2D eigenvalue weighted by atomic mass is 31.2. The first-order valence-electron chi connectivity index (χ1n) is 20.8. The highest BCUT2D eigenvalue weighted by molar-refractivity contribution is 7.47. The summed E-state index contributed by atoms with van der Waals surface area (Å²) >= 11 is 0. The first-order valence-corrected chi connectivity index (χ1v) is 22.2. The van der Waals surface area contributed by atoms with Gasteiger partial charge in [0.25, 0.3) is 0 Å². The Balaban J connectivity index is 4.30. The molecule has 0 saturated carbocycles. The summed E-state index contributed by atoms with van der Waals surface area (Å²) in [5.41, 5.74) is 0. The Bertz CT molecular complexity index is 912. The molecular weight excluding hydrogens is 683 g/mol. The molecule has 10 nitrogen and oxygen atoms in total. The minimum atomic E-state index is -4.61. The lowest BCUT2D eigenvalue weighted by Crippen LogP contribution is -2.29. The Hall–Kier alpha value is -1.55. The van der Waals surface area contributed by atoms with Crippen LogP contribution in [-0.4, -0.2) is 65.7 Å². The molecule has 0 spiro atoms. The van der Waals surface area contributed by atoms with Crippen LogP contribution < -0.4 is 0 Å². The fraction of sp³-hybridized carbons (Fsp3) is 0.854. The summed E-state index contributed by atoms with van der Waals surface area (Å²) in [4.78, 5) is 34.9. The molecule has 0 aliphatic heterocycles. The maximum Gasteiger partial charge on any atom is 0.472 e. The van der Waals surface area contributed by atoms with Gasteiger partial charge in [0.15, 0.2) is 6.10 Å². The van der Waals surface area contributed by atoms with Crippen molar-refractivity contribution in [3.05, 3.63) is 24.8 Å². The smallest absolute Gasteiger partial charge is 0.462 e. The summed E-state index contributed by atoms with van der Waals surface area (Å²) in [6.07, 6.45) is 34.6. The molecule has 0 saturated heterocycles. The topological polar surface area (TPSA) is 149 Å². The Morgan fingerprint density at radius 1 is 0.615 bits per heavy atom. The number of phosphoric acid groups is 1. The van der Waals surface area contributed by atoms with Gasteiger partial charge in [0, 0.05) is 12.8 Å². The first-order chi connectivity index (χ1) is 25.2. The van der Waals surface area contributed by atoms with E-state index in [2.05, 4.69) is 30.2 Å². The van der Waals surface area contributed by atoms with E-state index in [0.29, 0.717) is 12.8 Å². The Morgan fingerprint density at radius 3 is 1.52 bits per heavy atom. The maximum absolute atomic E-state index is 12.6. The number of carbonyl (C=O) groups excluding carboxylic acids is 2. The van der Waals surface area contributed by atoms with Gasteiger partial charge >= 0.3 is 19.8 Å². The molecule has 0 aliphatic rings. The minimum absolute atomic E-state index is 0.183. The molecule has 0 rings (SSSR count). The molecule has 0 aliphatic carbocycles. The van der Waals surface area contributed by atoms with Gasteiger partial charge in [-0.25, -0.2) is 4.57 Å². The Morgan fingerprint density at radius 2 is 1.04 bits per heavy atom. The van der Waals surface area contributed by atoms with Crippen LogP contribution in [0.15, 0.2) is 24.8 Å². The molecule has 1 unspecified atom stereocenters. The van der Waals surface area contributed by atoms with E-state index in [1.807, 2.05) is 6.08 Å². The molecule has 0 heterocycles. The largest absolute Gasteiger partial charge is 0.472 e. The van der Waals surface area contributed by atoms with Crippen molar-refractivity contribution in [1.82, 2.24) is 0 Å². The normalized spacial score (nSPS) is 13.9. The molecule has 0 aromatic carbocycles. The zero-order chi connectivity index (χ0) is 38.4. The zero-order valence-electron chi connectivity index (χ0n) is 32.9. The van der Waals surface area contributed by atoms with Crippen LogP contribution in [0.1, 0.15) is 187 Å². The molecule has 0 aromatic heterocycles. The van der Waals surface area contributed by atoms with Crippen LogP contribution in [0.2, 0.25) is 0 Å². The zero-order valence-corrected chi connectivity index (χ0v) is 33.8. The highest BCUT2D eigenvalue weighted by Gasteiger charge is 2.27. The van der Waals surface area contributed by atoms with Crippen molar-refractivity contribution in [2.45, 2.75) is 199 Å². The van der Waals surface area contributed by atoms with Gasteiger partial charge in [0.05, 0.1) is 19.8 Å². The Kier molecular flexibility index (Phi) is 36.6. The van der Waals surface area contributed by atoms with Crippen LogP contribution in [0.25, 0.3) is 0 Å². The lowest BCUT2D eigenvalue weighted by Gasteiger charge is -2.20. The second-order valence-electron chi connectivity index (χ2n) is 14.1. The predicted octanol–water partition coefficient (Wildman–Crippen LogP) is 10.6. The van der Waals surface area contributed by atoms with Gasteiger partial charge in [0.2, 0.25) is 0 Å². The number of aliphatic hydroxyl groups is 2. The SMILES string of the molecule is C=CCCCCCCCCCCCCCCCC(=O)O[C@H](COC(=O)CCCCCCC/C=C/CCCCCCC)COP(=O)(O)OC[C@@H](O)CO. The number of rotatable bonds is 40. The van der Waals surface area contributed by atoms with Gasteiger partial charge in [-0.05, 0) is 51.4 Å². The van der Waals surface area contributed by atoms with Crippen LogP contribution >= 0.6 is 7.82 Å². The number of unbranched alkanes of at least 4 members (excludes halogenated alkanes) is 23. The number of hydrogen-bond acceptors (Lipinski definition) is 9. The van der Waals surface area contributed by atoms with Crippen molar-refractivity contribution in [2.24, 2.45) is 0 Å². The van der Waals surface area contributed by atoms with E-state index in [1.54, 1.807) is 0 Å². The Labute approximate surface area is 317 Å². The van der Waals surface area contributed by atoms with Crippen molar-refractivity contribution < 1.29 is 47.8 Å². The fourth-order valence-electron chi connectivity index (χ4n) is 5.73. The van der Waals surface area contributed by atoms with Crippen molar-refractivity contribution in [1.29, 1.82) is 0 Å². The van der Waals surface area contributed by atoms with E-state index in [4.69, 9.17) is 19.1 Å². The van der Waals surface area contributed by atoms with E-state index >= 15 is 0 Å². The van der Waals surface area contributed by atoms with Crippen molar-refractivity contribution >= 4 is 19.8 Å². The molecular formula is C41H77O10P. The van der Waals surface area contributed by atoms with Gasteiger partial charge in [-0.1, -0.05) is 141 Å². The van der Waals surface area contributed by atoms with Crippen LogP contribution in [0.4, 0.5) is 0 Å². The van der Waals surface area contributed by atoms with Gasteiger partial charge in [0.1, 0.15) is 12.7 Å². The average molecular weight is 761 g/mol. The summed E-state index contributed by atoms with van der Waals surface area (Å²) in [6, 6.07) is 0. The predicted molar refractivity (Wildman–Crippen MR) is 210 cm³/mol. The quantitative estimate of drug-likeness (QED) is 0.0238. The number of hydrogen-bond donors (Lipinski definition) is 3. The number of carbonyl (C=O) groups is 2.